The maximum absolute atomic E-state index is 12.4. The van der Waals surface area contributed by atoms with Gasteiger partial charge in [0, 0.05) is 0 Å². The van der Waals surface area contributed by atoms with E-state index in [2.05, 4.69) is 0 Å². The predicted octanol–water partition coefficient (Wildman–Crippen LogP) is 2.39. The minimum atomic E-state index is -4.48. The van der Waals surface area contributed by atoms with Gasteiger partial charge in [-0.25, -0.2) is 8.42 Å². The van der Waals surface area contributed by atoms with Crippen molar-refractivity contribution >= 4 is 9.84 Å². The zero-order chi connectivity index (χ0) is 14.3. The Balaban J connectivity index is 2.27. The molecule has 2 atom stereocenters. The summed E-state index contributed by atoms with van der Waals surface area (Å²) in [6.07, 6.45) is -4.24. The summed E-state index contributed by atoms with van der Waals surface area (Å²) in [6.45, 7) is 0. The Bertz CT molecular complexity index is 549. The highest BCUT2D eigenvalue weighted by Gasteiger charge is 2.35. The Hall–Kier alpha value is -1.08. The SMILES string of the molecule is O=S(=O)(c1ccc(C(F)(F)F)cc1)C1CCC(O)C1. The van der Waals surface area contributed by atoms with Crippen molar-refractivity contribution in [1.82, 2.24) is 0 Å². The topological polar surface area (TPSA) is 54.4 Å². The highest BCUT2D eigenvalue weighted by atomic mass is 32.2. The van der Waals surface area contributed by atoms with Crippen LogP contribution in [0.1, 0.15) is 24.8 Å². The van der Waals surface area contributed by atoms with Crippen molar-refractivity contribution in [1.29, 1.82) is 0 Å². The number of hydrogen-bond donors (Lipinski definition) is 1. The van der Waals surface area contributed by atoms with Crippen LogP contribution in [0.5, 0.6) is 0 Å². The second-order valence-corrected chi connectivity index (χ2v) is 6.88. The Morgan fingerprint density at radius 1 is 1.11 bits per heavy atom. The number of hydrogen-bond acceptors (Lipinski definition) is 3. The van der Waals surface area contributed by atoms with E-state index in [1.54, 1.807) is 0 Å². The summed E-state index contributed by atoms with van der Waals surface area (Å²) in [7, 11) is -3.66. The van der Waals surface area contributed by atoms with Crippen LogP contribution in [0.3, 0.4) is 0 Å². The fourth-order valence-electron chi connectivity index (χ4n) is 2.23. The van der Waals surface area contributed by atoms with E-state index in [1.807, 2.05) is 0 Å². The number of alkyl halides is 3. The molecule has 1 aliphatic rings. The molecule has 0 aliphatic heterocycles. The summed E-state index contributed by atoms with van der Waals surface area (Å²) in [5.41, 5.74) is -0.877. The van der Waals surface area contributed by atoms with Gasteiger partial charge in [0.05, 0.1) is 21.8 Å². The van der Waals surface area contributed by atoms with E-state index in [4.69, 9.17) is 0 Å². The van der Waals surface area contributed by atoms with Crippen molar-refractivity contribution in [3.05, 3.63) is 29.8 Å². The lowest BCUT2D eigenvalue weighted by molar-refractivity contribution is -0.137. The minimum Gasteiger partial charge on any atom is -0.393 e. The van der Waals surface area contributed by atoms with Crippen LogP contribution in [0.2, 0.25) is 0 Å². The number of aliphatic hydroxyl groups is 1. The Kier molecular flexibility index (Phi) is 3.61. The van der Waals surface area contributed by atoms with Crippen LogP contribution in [0, 0.1) is 0 Å². The molecule has 1 aromatic carbocycles. The number of benzene rings is 1. The lowest BCUT2D eigenvalue weighted by Gasteiger charge is -2.12. The molecular weight excluding hydrogens is 281 g/mol. The number of rotatable bonds is 2. The van der Waals surface area contributed by atoms with E-state index in [-0.39, 0.29) is 11.3 Å². The molecule has 0 saturated heterocycles. The van der Waals surface area contributed by atoms with Crippen LogP contribution < -0.4 is 0 Å². The maximum Gasteiger partial charge on any atom is 0.416 e. The second-order valence-electron chi connectivity index (χ2n) is 4.66. The maximum atomic E-state index is 12.4. The quantitative estimate of drug-likeness (QED) is 0.911. The molecule has 0 amide bonds. The molecule has 1 fully saturated rings. The lowest BCUT2D eigenvalue weighted by atomic mass is 10.2. The standard InChI is InChI=1S/C12H13F3O3S/c13-12(14,15)8-1-4-10(5-2-8)19(17,18)11-6-3-9(16)7-11/h1-2,4-5,9,11,16H,3,6-7H2. The third kappa shape index (κ3) is 2.92. The normalized spacial score (nSPS) is 24.6. The zero-order valence-corrected chi connectivity index (χ0v) is 10.7. The molecule has 0 spiro atoms. The number of halogens is 3. The largest absolute Gasteiger partial charge is 0.416 e. The molecule has 106 valence electrons. The van der Waals surface area contributed by atoms with Crippen LogP contribution >= 0.6 is 0 Å². The summed E-state index contributed by atoms with van der Waals surface area (Å²) >= 11 is 0. The fraction of sp³-hybridized carbons (Fsp3) is 0.500. The average molecular weight is 294 g/mol. The van der Waals surface area contributed by atoms with Crippen molar-refractivity contribution in [3.63, 3.8) is 0 Å². The summed E-state index contributed by atoms with van der Waals surface area (Å²) in [5, 5.41) is 8.64. The van der Waals surface area contributed by atoms with Gasteiger partial charge < -0.3 is 5.11 Å². The Morgan fingerprint density at radius 3 is 2.11 bits per heavy atom. The first kappa shape index (κ1) is 14.3. The molecule has 0 bridgehead atoms. The molecule has 2 unspecified atom stereocenters. The van der Waals surface area contributed by atoms with E-state index in [9.17, 15) is 26.7 Å². The second kappa shape index (κ2) is 4.79. The molecule has 0 radical (unpaired) electrons. The Morgan fingerprint density at radius 2 is 1.68 bits per heavy atom. The number of sulfone groups is 1. The number of aliphatic hydroxyl groups excluding tert-OH is 1. The summed E-state index contributed by atoms with van der Waals surface area (Å²) in [5.74, 6) is 0. The average Bonchev–Trinajstić information content (AvgIpc) is 2.76. The van der Waals surface area contributed by atoms with Crippen molar-refractivity contribution in [2.45, 2.75) is 41.7 Å². The van der Waals surface area contributed by atoms with Crippen molar-refractivity contribution in [2.75, 3.05) is 0 Å². The lowest BCUT2D eigenvalue weighted by Crippen LogP contribution is -2.19. The van der Waals surface area contributed by atoms with Crippen LogP contribution in [0.25, 0.3) is 0 Å². The first-order chi connectivity index (χ1) is 8.71. The smallest absolute Gasteiger partial charge is 0.393 e. The third-order valence-corrected chi connectivity index (χ3v) is 5.54. The minimum absolute atomic E-state index is 0.125. The molecule has 1 N–H and O–H groups in total. The Labute approximate surface area is 109 Å². The highest BCUT2D eigenvalue weighted by molar-refractivity contribution is 7.92. The van der Waals surface area contributed by atoms with Gasteiger partial charge in [-0.2, -0.15) is 13.2 Å². The molecule has 0 heterocycles. The molecule has 19 heavy (non-hydrogen) atoms. The van der Waals surface area contributed by atoms with E-state index in [0.717, 1.165) is 24.3 Å². The molecule has 7 heteroatoms. The van der Waals surface area contributed by atoms with Crippen LogP contribution in [-0.4, -0.2) is 24.9 Å². The summed E-state index contributed by atoms with van der Waals surface area (Å²) in [6, 6.07) is 3.47. The van der Waals surface area contributed by atoms with Gasteiger partial charge >= 0.3 is 6.18 Å². The molecule has 1 aliphatic carbocycles. The molecule has 0 aromatic heterocycles. The van der Waals surface area contributed by atoms with Crippen LogP contribution in [0.4, 0.5) is 13.2 Å². The van der Waals surface area contributed by atoms with E-state index in [1.165, 1.54) is 0 Å². The van der Waals surface area contributed by atoms with Gasteiger partial charge in [0.1, 0.15) is 0 Å². The zero-order valence-electron chi connectivity index (χ0n) is 9.89. The van der Waals surface area contributed by atoms with E-state index in [0.29, 0.717) is 12.8 Å². The van der Waals surface area contributed by atoms with Crippen LogP contribution in [-0.2, 0) is 16.0 Å². The van der Waals surface area contributed by atoms with Gasteiger partial charge in [-0.3, -0.25) is 0 Å². The third-order valence-electron chi connectivity index (χ3n) is 3.31. The van der Waals surface area contributed by atoms with Gasteiger partial charge in [-0.15, -0.1) is 0 Å². The predicted molar refractivity (Wildman–Crippen MR) is 62.3 cm³/mol. The fourth-order valence-corrected chi connectivity index (χ4v) is 4.05. The first-order valence-corrected chi connectivity index (χ1v) is 7.35. The van der Waals surface area contributed by atoms with Gasteiger partial charge in [0.15, 0.2) is 9.84 Å². The molecule has 1 aromatic rings. The first-order valence-electron chi connectivity index (χ1n) is 5.80. The van der Waals surface area contributed by atoms with Gasteiger partial charge in [-0.1, -0.05) is 0 Å². The van der Waals surface area contributed by atoms with E-state index < -0.39 is 32.9 Å². The summed E-state index contributed by atoms with van der Waals surface area (Å²) < 4.78 is 61.5. The van der Waals surface area contributed by atoms with E-state index >= 15 is 0 Å². The van der Waals surface area contributed by atoms with Gasteiger partial charge in [0.2, 0.25) is 0 Å². The van der Waals surface area contributed by atoms with Crippen molar-refractivity contribution < 1.29 is 26.7 Å². The van der Waals surface area contributed by atoms with Gasteiger partial charge in [0.25, 0.3) is 0 Å². The monoisotopic (exact) mass is 294 g/mol. The van der Waals surface area contributed by atoms with Crippen molar-refractivity contribution in [3.8, 4) is 0 Å². The highest BCUT2D eigenvalue weighted by Crippen LogP contribution is 2.33. The van der Waals surface area contributed by atoms with Gasteiger partial charge in [-0.05, 0) is 43.5 Å². The summed E-state index contributed by atoms with van der Waals surface area (Å²) in [4.78, 5) is -0.125. The molecule has 2 rings (SSSR count). The molecule has 3 nitrogen and oxygen atoms in total. The van der Waals surface area contributed by atoms with Crippen LogP contribution in [0.15, 0.2) is 29.2 Å². The molecular formula is C12H13F3O3S. The molecule has 1 saturated carbocycles. The van der Waals surface area contributed by atoms with Crippen molar-refractivity contribution in [2.24, 2.45) is 0 Å².